The highest BCUT2D eigenvalue weighted by Gasteiger charge is 2.34. The minimum Gasteiger partial charge on any atom is -0.457 e. The van der Waals surface area contributed by atoms with Crippen molar-refractivity contribution in [2.45, 2.75) is 78.0 Å². The predicted octanol–water partition coefficient (Wildman–Crippen LogP) is 13.2. The van der Waals surface area contributed by atoms with E-state index in [4.69, 9.17) is 46.7 Å². The zero-order valence-corrected chi connectivity index (χ0v) is 64.9. The Labute approximate surface area is 657 Å². The van der Waals surface area contributed by atoms with E-state index in [1.165, 1.54) is 19.0 Å². The molecule has 27 nitrogen and oxygen atoms in total. The van der Waals surface area contributed by atoms with Crippen molar-refractivity contribution >= 4 is 68.3 Å². The number of carbonyl (C=O) groups is 3. The first-order valence-electron chi connectivity index (χ1n) is 38.4. The summed E-state index contributed by atoms with van der Waals surface area (Å²) in [6.45, 7) is 19.4. The Morgan fingerprint density at radius 2 is 0.717 bits per heavy atom. The van der Waals surface area contributed by atoms with Crippen LogP contribution in [0.15, 0.2) is 219 Å². The number of benzene rings is 6. The fourth-order valence-electron chi connectivity index (χ4n) is 13.8. The van der Waals surface area contributed by atoms with E-state index in [9.17, 15) is 14.4 Å². The second-order valence-electron chi connectivity index (χ2n) is 28.3. The number of hydrogen-bond acceptors (Lipinski definition) is 21. The fraction of sp³-hybridized carbons (Fsp3) is 0.302. The second kappa shape index (κ2) is 36.9. The van der Waals surface area contributed by atoms with Gasteiger partial charge in [-0.05, 0) is 176 Å². The molecular weight excluding hydrogens is 1420 g/mol. The number of carbonyl (C=O) groups excluding carboxylic acids is 3. The Morgan fingerprint density at radius 1 is 0.416 bits per heavy atom. The van der Waals surface area contributed by atoms with Crippen molar-refractivity contribution in [1.82, 2.24) is 88.6 Å². The van der Waals surface area contributed by atoms with Crippen LogP contribution >= 0.6 is 0 Å². The molecule has 27 heteroatoms. The van der Waals surface area contributed by atoms with Crippen LogP contribution in [0.3, 0.4) is 0 Å². The number of fused-ring (bicyclic) bond motifs is 3. The molecular formula is C86H97N21O6. The number of ether oxygens (including phenoxy) is 3. The van der Waals surface area contributed by atoms with Gasteiger partial charge in [-0.15, -0.1) is 0 Å². The zero-order valence-electron chi connectivity index (χ0n) is 64.9. The average molecular weight is 1520 g/mol. The summed E-state index contributed by atoms with van der Waals surface area (Å²) in [5.74, 6) is 5.71. The molecule has 0 saturated carbocycles. The molecule has 3 unspecified atom stereocenters. The lowest BCUT2D eigenvalue weighted by Gasteiger charge is -2.19. The highest BCUT2D eigenvalue weighted by atomic mass is 16.5. The third kappa shape index (κ3) is 19.0. The molecule has 113 heavy (non-hydrogen) atoms. The van der Waals surface area contributed by atoms with E-state index in [0.29, 0.717) is 113 Å². The number of rotatable bonds is 25. The molecule has 15 rings (SSSR count). The Kier molecular flexibility index (Phi) is 25.6. The van der Waals surface area contributed by atoms with Crippen molar-refractivity contribution in [3.05, 3.63) is 219 Å². The van der Waals surface area contributed by atoms with Gasteiger partial charge in [0.25, 0.3) is 0 Å². The van der Waals surface area contributed by atoms with Gasteiger partial charge >= 0.3 is 0 Å². The van der Waals surface area contributed by atoms with Crippen molar-refractivity contribution in [2.24, 2.45) is 0 Å². The Balaban J connectivity index is 0.000000148. The van der Waals surface area contributed by atoms with E-state index in [1.807, 2.05) is 225 Å². The number of para-hydroxylation sites is 3. The van der Waals surface area contributed by atoms with Gasteiger partial charge in [0.05, 0.1) is 34.3 Å². The molecule has 3 aliphatic rings. The topological polar surface area (TPSA) is 307 Å². The Bertz CT molecular complexity index is 5080. The number of nitrogens with two attached hydrogens (primary N) is 3. The van der Waals surface area contributed by atoms with E-state index in [1.54, 1.807) is 18.2 Å². The first-order chi connectivity index (χ1) is 55.0. The smallest absolute Gasteiger partial charge is 0.246 e. The van der Waals surface area contributed by atoms with Gasteiger partial charge in [0.1, 0.15) is 88.0 Å². The number of hydrogen-bond donors (Lipinski definition) is 3. The molecule has 0 spiro atoms. The van der Waals surface area contributed by atoms with Crippen LogP contribution in [0.2, 0.25) is 0 Å². The third-order valence-corrected chi connectivity index (χ3v) is 20.6. The average Bonchev–Trinajstić information content (AvgIpc) is 1.62. The maximum absolute atomic E-state index is 12.8. The molecule has 3 atom stereocenters. The molecule has 12 aromatic rings. The molecule has 0 bridgehead atoms. The largest absolute Gasteiger partial charge is 0.457 e. The first-order valence-corrected chi connectivity index (χ1v) is 38.4. The highest BCUT2D eigenvalue weighted by molar-refractivity contribution is 6.00. The van der Waals surface area contributed by atoms with Crippen LogP contribution < -0.4 is 31.4 Å². The highest BCUT2D eigenvalue weighted by Crippen LogP contribution is 2.39. The van der Waals surface area contributed by atoms with Crippen LogP contribution in [0.4, 0.5) is 17.5 Å². The van der Waals surface area contributed by atoms with Gasteiger partial charge in [-0.1, -0.05) is 93.6 Å². The van der Waals surface area contributed by atoms with Gasteiger partial charge < -0.3 is 60.8 Å². The van der Waals surface area contributed by atoms with Gasteiger partial charge in [0.2, 0.25) is 17.7 Å². The third-order valence-electron chi connectivity index (χ3n) is 20.6. The number of likely N-dealkylation sites (N-methyl/N-ethyl adjacent to an activating group) is 3. The molecule has 0 aliphatic carbocycles. The molecule has 3 fully saturated rings. The minimum atomic E-state index is -0.00285. The van der Waals surface area contributed by atoms with Gasteiger partial charge in [0, 0.05) is 99.9 Å². The van der Waals surface area contributed by atoms with Crippen molar-refractivity contribution in [1.29, 1.82) is 0 Å². The molecule has 3 saturated heterocycles. The van der Waals surface area contributed by atoms with Gasteiger partial charge in [-0.3, -0.25) is 14.4 Å². The van der Waals surface area contributed by atoms with Gasteiger partial charge in [0.15, 0.2) is 16.9 Å². The molecule has 6 N–H and O–H groups in total. The molecule has 6 aromatic carbocycles. The maximum Gasteiger partial charge on any atom is 0.246 e. The summed E-state index contributed by atoms with van der Waals surface area (Å²) in [5.41, 5.74) is 25.7. The van der Waals surface area contributed by atoms with Crippen LogP contribution in [0.5, 0.6) is 34.5 Å². The number of likely N-dealkylation sites (tertiary alicyclic amines) is 3. The van der Waals surface area contributed by atoms with Crippen LogP contribution in [0.1, 0.15) is 72.0 Å². The summed E-state index contributed by atoms with van der Waals surface area (Å²) >= 11 is 0. The lowest BCUT2D eigenvalue weighted by molar-refractivity contribution is -0.125. The Morgan fingerprint density at radius 3 is 1.02 bits per heavy atom. The van der Waals surface area contributed by atoms with E-state index in [-0.39, 0.29) is 35.8 Å². The van der Waals surface area contributed by atoms with E-state index >= 15 is 0 Å². The maximum atomic E-state index is 12.8. The van der Waals surface area contributed by atoms with Crippen LogP contribution in [0, 0.1) is 0 Å². The molecule has 0 radical (unpaired) electrons. The van der Waals surface area contributed by atoms with Crippen molar-refractivity contribution in [3.8, 4) is 68.3 Å². The van der Waals surface area contributed by atoms with E-state index in [0.717, 1.165) is 110 Å². The molecule has 3 aliphatic heterocycles. The van der Waals surface area contributed by atoms with Crippen LogP contribution in [-0.4, -0.2) is 205 Å². The number of nitrogen functional groups attached to an aromatic ring is 3. The van der Waals surface area contributed by atoms with Gasteiger partial charge in [-0.25, -0.2) is 43.9 Å². The number of amides is 3. The zero-order chi connectivity index (χ0) is 78.9. The SMILES string of the molecule is CC(C)N(C)C/C=C/C(=O)N1CCC(n2nc(-c3ccc(Oc4ccccc4)cc3)c3c(N)ncnc32)C1.CCN(C)C/C=C/C(=O)N1CCC(n2nc(-c3ccc(Oc4ccccc4)cc3)c3c(N)ncnc32)C1.CCN(CC)C/C=C/C(=O)N1CCC(n2nc(-c3ccc(Oc4ccccc4)cc3)c3c(N)ncnc32)C1. The molecule has 582 valence electrons. The summed E-state index contributed by atoms with van der Waals surface area (Å²) in [4.78, 5) is 76.8. The molecule has 6 aromatic heterocycles. The first kappa shape index (κ1) is 78.4. The standard InChI is InChI=1S/2C29H33N7O2.C28H31N7O2/c1-20(2)34(3)16-7-10-25(37)35-17-15-22(18-35)36-29-26(28(30)31-19-32-29)27(33-36)21-11-13-24(14-12-21)38-23-8-5-4-6-9-23;1-3-34(4-2)17-8-11-25(37)35-18-16-22(19-35)36-29-26(28(30)31-20-32-29)27(33-36)21-12-14-24(15-13-21)38-23-9-6-5-7-10-23;1-3-33(2)16-7-10-24(36)34-17-15-21(18-34)35-28-25(27(29)30-19-31-28)26(32-35)20-11-13-23(14-12-20)37-22-8-5-4-6-9-22/h4-14,19-20,22H,15-18H2,1-3H3,(H2,30,31,32);5-15,20,22H,3-4,16-19H2,1-2H3,(H2,30,31,32);4-14,19,21H,3,15-18H2,1-2H3,(H2,29,30,31)/b10-7+;11-8+;10-7+. The van der Waals surface area contributed by atoms with Crippen molar-refractivity contribution < 1.29 is 28.6 Å². The number of anilines is 3. The summed E-state index contributed by atoms with van der Waals surface area (Å²) in [6.07, 6.45) is 17.6. The monoisotopic (exact) mass is 1520 g/mol. The lowest BCUT2D eigenvalue weighted by atomic mass is 10.1. The summed E-state index contributed by atoms with van der Waals surface area (Å²) in [7, 11) is 4.07. The van der Waals surface area contributed by atoms with Crippen LogP contribution in [-0.2, 0) is 14.4 Å². The lowest BCUT2D eigenvalue weighted by Crippen LogP contribution is -2.29. The quantitative estimate of drug-likeness (QED) is 0.0448. The van der Waals surface area contributed by atoms with Crippen LogP contribution in [0.25, 0.3) is 66.9 Å². The van der Waals surface area contributed by atoms with Crippen molar-refractivity contribution in [2.75, 3.05) is 110 Å². The Hall–Kier alpha value is -12.7. The predicted molar refractivity (Wildman–Crippen MR) is 442 cm³/mol. The van der Waals surface area contributed by atoms with Crippen molar-refractivity contribution in [3.63, 3.8) is 0 Å². The van der Waals surface area contributed by atoms with E-state index in [2.05, 4.69) is 79.2 Å². The van der Waals surface area contributed by atoms with Gasteiger partial charge in [-0.2, -0.15) is 15.3 Å². The number of nitrogens with zero attached hydrogens (tertiary/aromatic N) is 18. The minimum absolute atomic E-state index is 0.00127. The number of aromatic nitrogens is 12. The summed E-state index contributed by atoms with van der Waals surface area (Å²) in [6, 6.07) is 52.6. The fourth-order valence-corrected chi connectivity index (χ4v) is 13.8. The molecule has 9 heterocycles. The summed E-state index contributed by atoms with van der Waals surface area (Å²) < 4.78 is 23.5. The second-order valence-corrected chi connectivity index (χ2v) is 28.3. The normalized spacial score (nSPS) is 15.7. The van der Waals surface area contributed by atoms with E-state index < -0.39 is 0 Å². The molecule has 3 amide bonds. The summed E-state index contributed by atoms with van der Waals surface area (Å²) in [5, 5.41) is 17.0.